The molecule has 3 heteroatoms. The van der Waals surface area contributed by atoms with Crippen molar-refractivity contribution in [1.82, 2.24) is 4.98 Å². The number of pyridine rings is 1. The summed E-state index contributed by atoms with van der Waals surface area (Å²) in [5, 5.41) is 8.72. The molecule has 2 nitrogen and oxygen atoms in total. The predicted molar refractivity (Wildman–Crippen MR) is 62.2 cm³/mol. The van der Waals surface area contributed by atoms with Crippen LogP contribution in [0.2, 0.25) is 0 Å². The van der Waals surface area contributed by atoms with Crippen LogP contribution in [-0.4, -0.2) is 4.98 Å². The first kappa shape index (κ1) is 9.63. The van der Waals surface area contributed by atoms with Crippen LogP contribution in [0.25, 0.3) is 16.0 Å². The molecule has 0 radical (unpaired) electrons. The summed E-state index contributed by atoms with van der Waals surface area (Å²) >= 11 is 1.57. The van der Waals surface area contributed by atoms with Crippen molar-refractivity contribution in [2.75, 3.05) is 0 Å². The molecule has 0 bridgehead atoms. The second-order valence-electron chi connectivity index (χ2n) is 2.99. The van der Waals surface area contributed by atoms with Crippen LogP contribution in [0.15, 0.2) is 43.2 Å². The van der Waals surface area contributed by atoms with E-state index in [1.165, 1.54) is 0 Å². The Morgan fingerprint density at radius 3 is 2.67 bits per heavy atom. The average Bonchev–Trinajstić information content (AvgIpc) is 2.78. The molecule has 0 unspecified atom stereocenters. The molecule has 0 atom stereocenters. The van der Waals surface area contributed by atoms with Gasteiger partial charge in [0.05, 0.1) is 11.6 Å². The van der Waals surface area contributed by atoms with Gasteiger partial charge in [0.15, 0.2) is 0 Å². The van der Waals surface area contributed by atoms with E-state index in [9.17, 15) is 0 Å². The minimum absolute atomic E-state index is 0.514. The van der Waals surface area contributed by atoms with E-state index in [0.717, 1.165) is 15.3 Å². The zero-order chi connectivity index (χ0) is 10.7. The average molecular weight is 212 g/mol. The van der Waals surface area contributed by atoms with E-state index in [4.69, 9.17) is 5.26 Å². The molecule has 2 aromatic heterocycles. The number of hydrogen-bond acceptors (Lipinski definition) is 3. The van der Waals surface area contributed by atoms with Gasteiger partial charge >= 0.3 is 0 Å². The van der Waals surface area contributed by atoms with E-state index >= 15 is 0 Å². The number of rotatable bonds is 2. The third-order valence-electron chi connectivity index (χ3n) is 2.00. The molecular weight excluding hydrogens is 204 g/mol. The third-order valence-corrected chi connectivity index (χ3v) is 3.20. The molecule has 0 amide bonds. The van der Waals surface area contributed by atoms with Gasteiger partial charge in [-0.15, -0.1) is 11.3 Å². The normalized spacial score (nSPS) is 9.53. The summed E-state index contributed by atoms with van der Waals surface area (Å²) in [6.07, 6.45) is 3.52. The van der Waals surface area contributed by atoms with Crippen molar-refractivity contribution in [3.05, 3.63) is 48.1 Å². The van der Waals surface area contributed by atoms with E-state index in [-0.39, 0.29) is 0 Å². The van der Waals surface area contributed by atoms with Gasteiger partial charge in [0.25, 0.3) is 0 Å². The molecular formula is C12H8N2S. The first-order chi connectivity index (χ1) is 7.31. The zero-order valence-corrected chi connectivity index (χ0v) is 8.79. The maximum Gasteiger partial charge on any atom is 0.1000 e. The van der Waals surface area contributed by atoms with Gasteiger partial charge < -0.3 is 0 Å². The lowest BCUT2D eigenvalue weighted by atomic mass is 10.2. The minimum Gasteiger partial charge on any atom is -0.265 e. The molecule has 72 valence electrons. The second kappa shape index (κ2) is 4.07. The van der Waals surface area contributed by atoms with Crippen LogP contribution in [0.5, 0.6) is 0 Å². The number of nitriles is 1. The summed E-state index contributed by atoms with van der Waals surface area (Å²) in [6, 6.07) is 9.87. The van der Waals surface area contributed by atoms with Gasteiger partial charge in [-0.1, -0.05) is 6.58 Å². The first-order valence-electron chi connectivity index (χ1n) is 4.41. The van der Waals surface area contributed by atoms with Crippen LogP contribution < -0.4 is 0 Å². The van der Waals surface area contributed by atoms with Crippen LogP contribution in [0.1, 0.15) is 4.88 Å². The van der Waals surface area contributed by atoms with Crippen LogP contribution in [0.3, 0.4) is 0 Å². The van der Waals surface area contributed by atoms with Crippen LogP contribution in [0.4, 0.5) is 0 Å². The number of allylic oxidation sites excluding steroid dienone is 1. The van der Waals surface area contributed by atoms with E-state index in [0.29, 0.717) is 5.57 Å². The molecule has 2 aromatic rings. The van der Waals surface area contributed by atoms with Crippen molar-refractivity contribution < 1.29 is 0 Å². The van der Waals surface area contributed by atoms with Crippen molar-refractivity contribution in [1.29, 1.82) is 5.26 Å². The van der Waals surface area contributed by atoms with E-state index in [1.54, 1.807) is 23.7 Å². The molecule has 0 spiro atoms. The van der Waals surface area contributed by atoms with Gasteiger partial charge in [-0.05, 0) is 29.8 Å². The lowest BCUT2D eigenvalue weighted by Crippen LogP contribution is -1.71. The molecule has 2 heterocycles. The highest BCUT2D eigenvalue weighted by molar-refractivity contribution is 7.16. The molecule has 0 fully saturated rings. The zero-order valence-electron chi connectivity index (χ0n) is 7.97. The molecule has 0 aliphatic carbocycles. The fourth-order valence-electron chi connectivity index (χ4n) is 1.23. The first-order valence-corrected chi connectivity index (χ1v) is 5.22. The van der Waals surface area contributed by atoms with Crippen LogP contribution >= 0.6 is 11.3 Å². The van der Waals surface area contributed by atoms with Crippen molar-refractivity contribution >= 4 is 16.9 Å². The van der Waals surface area contributed by atoms with Gasteiger partial charge in [-0.3, -0.25) is 4.98 Å². The largest absolute Gasteiger partial charge is 0.265 e. The summed E-state index contributed by atoms with van der Waals surface area (Å²) in [4.78, 5) is 6.01. The summed E-state index contributed by atoms with van der Waals surface area (Å²) in [5.74, 6) is 0. The lowest BCUT2D eigenvalue weighted by Gasteiger charge is -1.94. The Morgan fingerprint density at radius 2 is 2.00 bits per heavy atom. The molecule has 0 saturated heterocycles. The Hall–Kier alpha value is -1.92. The van der Waals surface area contributed by atoms with E-state index in [2.05, 4.69) is 11.6 Å². The van der Waals surface area contributed by atoms with Gasteiger partial charge in [0, 0.05) is 22.1 Å². The molecule has 2 rings (SSSR count). The van der Waals surface area contributed by atoms with Gasteiger partial charge in [-0.2, -0.15) is 5.26 Å². The standard InChI is InChI=1S/C12H8N2S/c1-9(8-13)11-2-3-12(15-11)10-4-6-14-7-5-10/h2-7H,1H2. The fourth-order valence-corrected chi connectivity index (χ4v) is 2.16. The Balaban J connectivity index is 2.37. The summed E-state index contributed by atoms with van der Waals surface area (Å²) < 4.78 is 0. The van der Waals surface area contributed by atoms with Gasteiger partial charge in [0.2, 0.25) is 0 Å². The molecule has 15 heavy (non-hydrogen) atoms. The molecule has 0 aliphatic rings. The van der Waals surface area contributed by atoms with E-state index in [1.807, 2.05) is 30.3 Å². The van der Waals surface area contributed by atoms with Gasteiger partial charge in [0.1, 0.15) is 0 Å². The van der Waals surface area contributed by atoms with E-state index < -0.39 is 0 Å². The topological polar surface area (TPSA) is 36.7 Å². The van der Waals surface area contributed by atoms with Gasteiger partial charge in [-0.25, -0.2) is 0 Å². The second-order valence-corrected chi connectivity index (χ2v) is 4.07. The number of aromatic nitrogens is 1. The lowest BCUT2D eigenvalue weighted by molar-refractivity contribution is 1.33. The minimum atomic E-state index is 0.514. The molecule has 0 aliphatic heterocycles. The number of nitrogens with zero attached hydrogens (tertiary/aromatic N) is 2. The van der Waals surface area contributed by atoms with Crippen LogP contribution in [0, 0.1) is 11.3 Å². The smallest absolute Gasteiger partial charge is 0.1000 e. The summed E-state index contributed by atoms with van der Waals surface area (Å²) in [6.45, 7) is 3.69. The molecule has 0 N–H and O–H groups in total. The quantitative estimate of drug-likeness (QED) is 0.716. The predicted octanol–water partition coefficient (Wildman–Crippen LogP) is 3.35. The maximum absolute atomic E-state index is 8.72. The third kappa shape index (κ3) is 1.95. The Labute approximate surface area is 92.1 Å². The maximum atomic E-state index is 8.72. The Bertz CT molecular complexity index is 520. The van der Waals surface area contributed by atoms with Crippen molar-refractivity contribution in [2.45, 2.75) is 0 Å². The summed E-state index contributed by atoms with van der Waals surface area (Å²) in [5.41, 5.74) is 1.63. The number of thiophene rings is 1. The van der Waals surface area contributed by atoms with Crippen molar-refractivity contribution in [2.24, 2.45) is 0 Å². The Kier molecular flexibility index (Phi) is 2.61. The highest BCUT2D eigenvalue weighted by atomic mass is 32.1. The monoisotopic (exact) mass is 212 g/mol. The highest BCUT2D eigenvalue weighted by Gasteiger charge is 2.04. The summed E-state index contributed by atoms with van der Waals surface area (Å²) in [7, 11) is 0. The highest BCUT2D eigenvalue weighted by Crippen LogP contribution is 2.30. The SMILES string of the molecule is C=C(C#N)c1ccc(-c2ccncc2)s1. The fraction of sp³-hybridized carbons (Fsp3) is 0. The van der Waals surface area contributed by atoms with Crippen LogP contribution in [-0.2, 0) is 0 Å². The molecule has 0 aromatic carbocycles. The Morgan fingerprint density at radius 1 is 1.27 bits per heavy atom. The molecule has 0 saturated carbocycles. The number of hydrogen-bond donors (Lipinski definition) is 0. The van der Waals surface area contributed by atoms with Crippen molar-refractivity contribution in [3.8, 4) is 16.5 Å². The van der Waals surface area contributed by atoms with Crippen molar-refractivity contribution in [3.63, 3.8) is 0 Å².